The Morgan fingerprint density at radius 2 is 1.95 bits per heavy atom. The third-order valence-corrected chi connectivity index (χ3v) is 4.74. The van der Waals surface area contributed by atoms with Gasteiger partial charge in [0.1, 0.15) is 5.82 Å². The Morgan fingerprint density at radius 3 is 2.75 bits per heavy atom. The van der Waals surface area contributed by atoms with Gasteiger partial charge in [-0.15, -0.1) is 11.3 Å². The first-order valence-corrected chi connectivity index (χ1v) is 7.51. The van der Waals surface area contributed by atoms with Gasteiger partial charge in [0.15, 0.2) is 0 Å². The van der Waals surface area contributed by atoms with Gasteiger partial charge >= 0.3 is 0 Å². The Morgan fingerprint density at radius 1 is 1.15 bits per heavy atom. The largest absolute Gasteiger partial charge is 0.323 e. The number of hydrogen-bond acceptors (Lipinski definition) is 2. The molecule has 0 aliphatic heterocycles. The molecule has 0 saturated heterocycles. The van der Waals surface area contributed by atoms with Crippen LogP contribution >= 0.6 is 22.9 Å². The molecule has 1 atom stereocenters. The monoisotopic (exact) mass is 305 g/mol. The molecule has 0 aliphatic carbocycles. The zero-order valence-electron chi connectivity index (χ0n) is 10.6. The number of thiophene rings is 1. The van der Waals surface area contributed by atoms with Gasteiger partial charge in [0, 0.05) is 20.6 Å². The molecule has 0 spiro atoms. The third-order valence-electron chi connectivity index (χ3n) is 3.26. The minimum Gasteiger partial charge on any atom is -0.323 e. The predicted octanol–water partition coefficient (Wildman–Crippen LogP) is 4.94. The van der Waals surface area contributed by atoms with E-state index in [4.69, 9.17) is 17.3 Å². The fourth-order valence-electron chi connectivity index (χ4n) is 2.22. The van der Waals surface area contributed by atoms with Crippen LogP contribution in [-0.2, 0) is 6.42 Å². The van der Waals surface area contributed by atoms with Crippen LogP contribution < -0.4 is 5.73 Å². The lowest BCUT2D eigenvalue weighted by Gasteiger charge is -2.10. The van der Waals surface area contributed by atoms with Crippen molar-refractivity contribution in [1.82, 2.24) is 0 Å². The van der Waals surface area contributed by atoms with E-state index in [0.717, 1.165) is 4.88 Å². The van der Waals surface area contributed by atoms with Gasteiger partial charge < -0.3 is 5.73 Å². The van der Waals surface area contributed by atoms with E-state index in [-0.39, 0.29) is 11.9 Å². The van der Waals surface area contributed by atoms with Crippen LogP contribution in [0, 0.1) is 5.82 Å². The lowest BCUT2D eigenvalue weighted by Crippen LogP contribution is -2.12. The highest BCUT2D eigenvalue weighted by atomic mass is 35.5. The van der Waals surface area contributed by atoms with Crippen LogP contribution in [0.15, 0.2) is 48.5 Å². The number of nitrogens with two attached hydrogens (primary N) is 1. The van der Waals surface area contributed by atoms with E-state index in [1.807, 2.05) is 12.1 Å². The van der Waals surface area contributed by atoms with E-state index >= 15 is 0 Å². The van der Waals surface area contributed by atoms with Crippen LogP contribution in [0.3, 0.4) is 0 Å². The molecule has 0 amide bonds. The minimum absolute atomic E-state index is 0.222. The number of fused-ring (bicyclic) bond motifs is 1. The summed E-state index contributed by atoms with van der Waals surface area (Å²) in [6.45, 7) is 0. The zero-order chi connectivity index (χ0) is 14.1. The third kappa shape index (κ3) is 2.70. The molecule has 0 aliphatic rings. The van der Waals surface area contributed by atoms with Crippen molar-refractivity contribution in [2.75, 3.05) is 0 Å². The molecule has 20 heavy (non-hydrogen) atoms. The van der Waals surface area contributed by atoms with Crippen molar-refractivity contribution in [2.24, 2.45) is 5.73 Å². The van der Waals surface area contributed by atoms with Crippen LogP contribution in [0.4, 0.5) is 4.39 Å². The Bertz CT molecular complexity index is 720. The van der Waals surface area contributed by atoms with Gasteiger partial charge in [0.2, 0.25) is 0 Å². The maximum absolute atomic E-state index is 13.7. The summed E-state index contributed by atoms with van der Waals surface area (Å²) < 4.78 is 14.9. The highest BCUT2D eigenvalue weighted by Gasteiger charge is 2.13. The van der Waals surface area contributed by atoms with E-state index < -0.39 is 0 Å². The van der Waals surface area contributed by atoms with Crippen LogP contribution in [0.25, 0.3) is 10.1 Å². The van der Waals surface area contributed by atoms with Gasteiger partial charge in [-0.25, -0.2) is 4.39 Å². The van der Waals surface area contributed by atoms with Crippen molar-refractivity contribution in [3.8, 4) is 0 Å². The summed E-state index contributed by atoms with van der Waals surface area (Å²) in [6, 6.07) is 14.6. The Balaban J connectivity index is 1.88. The molecule has 1 heterocycles. The minimum atomic E-state index is -0.258. The first-order chi connectivity index (χ1) is 9.63. The molecule has 3 aromatic rings. The molecule has 0 fully saturated rings. The van der Waals surface area contributed by atoms with E-state index in [9.17, 15) is 4.39 Å². The number of hydrogen-bond donors (Lipinski definition) is 1. The van der Waals surface area contributed by atoms with Crippen molar-refractivity contribution in [3.05, 3.63) is 69.8 Å². The second-order valence-corrected chi connectivity index (χ2v) is 6.28. The maximum Gasteiger partial charge on any atom is 0.126 e. The average molecular weight is 306 g/mol. The summed E-state index contributed by atoms with van der Waals surface area (Å²) >= 11 is 7.56. The summed E-state index contributed by atoms with van der Waals surface area (Å²) in [4.78, 5) is 1.06. The molecule has 102 valence electrons. The second-order valence-electron chi connectivity index (χ2n) is 4.73. The molecular weight excluding hydrogens is 293 g/mol. The summed E-state index contributed by atoms with van der Waals surface area (Å²) in [5.41, 5.74) is 6.77. The Kier molecular flexibility index (Phi) is 3.74. The van der Waals surface area contributed by atoms with Gasteiger partial charge in [-0.1, -0.05) is 29.8 Å². The Labute approximate surface area is 125 Å². The lowest BCUT2D eigenvalue weighted by molar-refractivity contribution is 0.595. The van der Waals surface area contributed by atoms with Gasteiger partial charge in [-0.2, -0.15) is 0 Å². The maximum atomic E-state index is 13.7. The van der Waals surface area contributed by atoms with E-state index in [0.29, 0.717) is 17.0 Å². The van der Waals surface area contributed by atoms with E-state index in [2.05, 4.69) is 18.2 Å². The van der Waals surface area contributed by atoms with Crippen molar-refractivity contribution < 1.29 is 4.39 Å². The molecule has 1 aromatic heterocycles. The molecule has 1 nitrogen and oxygen atoms in total. The fraction of sp³-hybridized carbons (Fsp3) is 0.125. The molecule has 2 aromatic carbocycles. The summed E-state index contributed by atoms with van der Waals surface area (Å²) in [5.74, 6) is -0.258. The SMILES string of the molecule is NC(Cc1cc(Cl)ccc1F)c1cc2ccccc2s1. The Hall–Kier alpha value is -1.42. The number of rotatable bonds is 3. The summed E-state index contributed by atoms with van der Waals surface area (Å²) in [6.07, 6.45) is 0.444. The highest BCUT2D eigenvalue weighted by Crippen LogP contribution is 2.31. The van der Waals surface area contributed by atoms with Crippen LogP contribution in [-0.4, -0.2) is 0 Å². The van der Waals surface area contributed by atoms with E-state index in [1.165, 1.54) is 16.2 Å². The summed E-state index contributed by atoms with van der Waals surface area (Å²) in [7, 11) is 0. The summed E-state index contributed by atoms with van der Waals surface area (Å²) in [5, 5.41) is 1.71. The van der Waals surface area contributed by atoms with Crippen LogP contribution in [0.1, 0.15) is 16.5 Å². The quantitative estimate of drug-likeness (QED) is 0.729. The molecule has 0 bridgehead atoms. The first kappa shape index (κ1) is 13.6. The van der Waals surface area contributed by atoms with Crippen molar-refractivity contribution in [1.29, 1.82) is 0 Å². The van der Waals surface area contributed by atoms with Crippen molar-refractivity contribution in [2.45, 2.75) is 12.5 Å². The second kappa shape index (κ2) is 5.52. The topological polar surface area (TPSA) is 26.0 Å². The molecule has 1 unspecified atom stereocenters. The molecular formula is C16H13ClFNS. The number of benzene rings is 2. The molecule has 0 saturated carbocycles. The van der Waals surface area contributed by atoms with Gasteiger partial charge in [0.05, 0.1) is 0 Å². The lowest BCUT2D eigenvalue weighted by atomic mass is 10.0. The van der Waals surface area contributed by atoms with Crippen molar-refractivity contribution >= 4 is 33.0 Å². The average Bonchev–Trinajstić information content (AvgIpc) is 2.87. The smallest absolute Gasteiger partial charge is 0.126 e. The van der Waals surface area contributed by atoms with Crippen molar-refractivity contribution in [3.63, 3.8) is 0 Å². The van der Waals surface area contributed by atoms with Gasteiger partial charge in [0.25, 0.3) is 0 Å². The van der Waals surface area contributed by atoms with Crippen LogP contribution in [0.2, 0.25) is 5.02 Å². The molecule has 2 N–H and O–H groups in total. The van der Waals surface area contributed by atoms with Gasteiger partial charge in [-0.3, -0.25) is 0 Å². The van der Waals surface area contributed by atoms with E-state index in [1.54, 1.807) is 23.5 Å². The predicted molar refractivity (Wildman–Crippen MR) is 83.9 cm³/mol. The normalized spacial score (nSPS) is 12.8. The van der Waals surface area contributed by atoms with Gasteiger partial charge in [-0.05, 0) is 47.7 Å². The first-order valence-electron chi connectivity index (χ1n) is 6.31. The molecule has 4 heteroatoms. The highest BCUT2D eigenvalue weighted by molar-refractivity contribution is 7.19. The standard InChI is InChI=1S/C16H13ClFNS/c17-12-5-6-13(18)11(7-12)8-14(19)16-9-10-3-1-2-4-15(10)20-16/h1-7,9,14H,8,19H2. The fourth-order valence-corrected chi connectivity index (χ4v) is 3.48. The van der Waals surface area contributed by atoms with Crippen LogP contribution in [0.5, 0.6) is 0 Å². The zero-order valence-corrected chi connectivity index (χ0v) is 12.2. The number of halogens is 2. The molecule has 0 radical (unpaired) electrons. The molecule has 3 rings (SSSR count).